The van der Waals surface area contributed by atoms with E-state index >= 15 is 0 Å². The van der Waals surface area contributed by atoms with E-state index in [0.717, 1.165) is 6.07 Å². The van der Waals surface area contributed by atoms with Gasteiger partial charge < -0.3 is 14.4 Å². The van der Waals surface area contributed by atoms with Crippen LogP contribution in [0.5, 0.6) is 11.5 Å². The lowest BCUT2D eigenvalue weighted by molar-refractivity contribution is 0.179. The van der Waals surface area contributed by atoms with Crippen molar-refractivity contribution in [2.24, 2.45) is 0 Å². The van der Waals surface area contributed by atoms with Gasteiger partial charge in [-0.05, 0) is 42.2 Å². The van der Waals surface area contributed by atoms with Gasteiger partial charge in [-0.1, -0.05) is 17.1 Å². The van der Waals surface area contributed by atoms with Crippen LogP contribution in [-0.4, -0.2) is 13.9 Å². The zero-order valence-corrected chi connectivity index (χ0v) is 13.3. The minimum atomic E-state index is -2.26. The van der Waals surface area contributed by atoms with Crippen molar-refractivity contribution in [1.29, 1.82) is 5.26 Å². The summed E-state index contributed by atoms with van der Waals surface area (Å²) in [5.74, 6) is -0.163. The van der Waals surface area contributed by atoms with Gasteiger partial charge in [0, 0.05) is 17.4 Å². The van der Waals surface area contributed by atoms with E-state index in [1.807, 2.05) is 6.07 Å². The number of hydrogen-bond donors (Lipinski definition) is 1. The Kier molecular flexibility index (Phi) is 4.62. The molecule has 5 nitrogen and oxygen atoms in total. The number of nitriles is 1. The fourth-order valence-electron chi connectivity index (χ4n) is 2.95. The van der Waals surface area contributed by atoms with Crippen LogP contribution in [0.3, 0.4) is 0 Å². The number of ether oxygens (including phenoxy) is 1. The molecule has 1 aliphatic carbocycles. The van der Waals surface area contributed by atoms with Gasteiger partial charge in [0.05, 0.1) is 17.7 Å². The highest BCUT2D eigenvalue weighted by Crippen LogP contribution is 2.41. The van der Waals surface area contributed by atoms with Gasteiger partial charge in [-0.3, -0.25) is 4.21 Å². The number of benzene rings is 2. The first-order valence-corrected chi connectivity index (χ1v) is 8.49. The topological polar surface area (TPSA) is 93.4 Å². The van der Waals surface area contributed by atoms with Gasteiger partial charge in [0.2, 0.25) is 0 Å². The van der Waals surface area contributed by atoms with E-state index in [-0.39, 0.29) is 17.1 Å². The fourth-order valence-corrected chi connectivity index (χ4v) is 3.46. The number of fused-ring (bicyclic) bond motifs is 1. The van der Waals surface area contributed by atoms with E-state index in [2.05, 4.69) is 0 Å². The molecule has 0 heterocycles. The first kappa shape index (κ1) is 16.6. The molecule has 0 amide bonds. The second-order valence-electron chi connectivity index (χ2n) is 5.51. The second kappa shape index (κ2) is 6.69. The van der Waals surface area contributed by atoms with E-state index in [9.17, 15) is 18.3 Å². The van der Waals surface area contributed by atoms with Crippen LogP contribution < -0.4 is 4.74 Å². The monoisotopic (exact) mass is 346 g/mol. The summed E-state index contributed by atoms with van der Waals surface area (Å²) in [7, 11) is 0. The maximum absolute atomic E-state index is 13.5. The predicted molar refractivity (Wildman–Crippen MR) is 83.5 cm³/mol. The molecule has 1 N–H and O–H groups in total. The summed E-state index contributed by atoms with van der Waals surface area (Å²) in [6.45, 7) is 0. The Morgan fingerprint density at radius 1 is 1.42 bits per heavy atom. The zero-order chi connectivity index (χ0) is 17.3. The van der Waals surface area contributed by atoms with Crippen LogP contribution in [0.1, 0.15) is 34.8 Å². The third kappa shape index (κ3) is 3.31. The van der Waals surface area contributed by atoms with E-state index in [0.29, 0.717) is 35.3 Å². The van der Waals surface area contributed by atoms with E-state index < -0.39 is 23.0 Å². The Morgan fingerprint density at radius 2 is 2.21 bits per heavy atom. The summed E-state index contributed by atoms with van der Waals surface area (Å²) in [6.07, 6.45) is 0.260. The van der Waals surface area contributed by atoms with Crippen LogP contribution in [0, 0.1) is 17.1 Å². The van der Waals surface area contributed by atoms with Crippen LogP contribution in [0.2, 0.25) is 0 Å². The van der Waals surface area contributed by atoms with Crippen molar-refractivity contribution in [3.8, 4) is 17.6 Å². The second-order valence-corrected chi connectivity index (χ2v) is 6.40. The lowest BCUT2D eigenvalue weighted by Crippen LogP contribution is -2.03. The molecular formula is C17H13FNO4S-. The molecule has 2 atom stereocenters. The molecular weight excluding hydrogens is 333 g/mol. The molecule has 0 saturated carbocycles. The molecule has 0 radical (unpaired) electrons. The number of nitrogens with zero attached hydrogens (tertiary/aromatic N) is 1. The van der Waals surface area contributed by atoms with Crippen molar-refractivity contribution < 1.29 is 23.0 Å². The number of halogens is 1. The van der Waals surface area contributed by atoms with Gasteiger partial charge in [0.25, 0.3) is 0 Å². The number of aliphatic hydroxyl groups excluding tert-OH is 1. The van der Waals surface area contributed by atoms with Gasteiger partial charge in [-0.2, -0.15) is 5.26 Å². The lowest BCUT2D eigenvalue weighted by atomic mass is 10.0. The normalized spacial score (nSPS) is 17.2. The summed E-state index contributed by atoms with van der Waals surface area (Å²) < 4.78 is 41.2. The Labute approximate surface area is 140 Å². The summed E-state index contributed by atoms with van der Waals surface area (Å²) >= 11 is -2.26. The molecule has 0 aliphatic heterocycles. The molecule has 124 valence electrons. The highest BCUT2D eigenvalue weighted by Gasteiger charge is 2.27. The lowest BCUT2D eigenvalue weighted by Gasteiger charge is -2.16. The minimum absolute atomic E-state index is 0.139. The SMILES string of the molecule is N#Cc1cc(F)cc(Oc2ccc(CS(=O)[O-])c3c2CC[C@H]3O)c1. The van der Waals surface area contributed by atoms with E-state index in [4.69, 9.17) is 10.00 Å². The number of rotatable bonds is 4. The number of aliphatic hydroxyl groups is 1. The molecule has 3 rings (SSSR count). The van der Waals surface area contributed by atoms with Crippen LogP contribution in [-0.2, 0) is 23.3 Å². The average Bonchev–Trinajstić information content (AvgIpc) is 2.91. The number of hydrogen-bond acceptors (Lipinski definition) is 5. The van der Waals surface area contributed by atoms with Crippen molar-refractivity contribution in [3.63, 3.8) is 0 Å². The van der Waals surface area contributed by atoms with Crippen LogP contribution in [0.4, 0.5) is 4.39 Å². The molecule has 0 fully saturated rings. The largest absolute Gasteiger partial charge is 0.772 e. The third-order valence-corrected chi connectivity index (χ3v) is 4.45. The highest BCUT2D eigenvalue weighted by molar-refractivity contribution is 7.78. The minimum Gasteiger partial charge on any atom is -0.772 e. The first-order valence-electron chi connectivity index (χ1n) is 7.25. The molecule has 1 aliphatic rings. The molecule has 0 spiro atoms. The van der Waals surface area contributed by atoms with E-state index in [1.165, 1.54) is 12.1 Å². The molecule has 1 unspecified atom stereocenters. The summed E-state index contributed by atoms with van der Waals surface area (Å²) in [5.41, 5.74) is 1.95. The van der Waals surface area contributed by atoms with Gasteiger partial charge in [-0.25, -0.2) is 4.39 Å². The van der Waals surface area contributed by atoms with Gasteiger partial charge in [-0.15, -0.1) is 0 Å². The molecule has 2 aromatic carbocycles. The van der Waals surface area contributed by atoms with Gasteiger partial charge in [0.1, 0.15) is 17.3 Å². The van der Waals surface area contributed by atoms with Crippen LogP contribution in [0.25, 0.3) is 0 Å². The van der Waals surface area contributed by atoms with Crippen molar-refractivity contribution in [3.05, 3.63) is 58.4 Å². The zero-order valence-electron chi connectivity index (χ0n) is 12.5. The third-order valence-electron chi connectivity index (χ3n) is 3.91. The Balaban J connectivity index is 2.00. The van der Waals surface area contributed by atoms with Crippen LogP contribution in [0.15, 0.2) is 30.3 Å². The van der Waals surface area contributed by atoms with Crippen molar-refractivity contribution in [1.82, 2.24) is 0 Å². The predicted octanol–water partition coefficient (Wildman–Crippen LogP) is 2.85. The average molecular weight is 346 g/mol. The molecule has 0 saturated heterocycles. The smallest absolute Gasteiger partial charge is 0.131 e. The Hall–Kier alpha value is -2.27. The van der Waals surface area contributed by atoms with E-state index in [1.54, 1.807) is 12.1 Å². The van der Waals surface area contributed by atoms with Crippen molar-refractivity contribution in [2.75, 3.05) is 0 Å². The Morgan fingerprint density at radius 3 is 2.92 bits per heavy atom. The van der Waals surface area contributed by atoms with Crippen molar-refractivity contribution >= 4 is 11.1 Å². The summed E-state index contributed by atoms with van der Waals surface area (Å²) in [4.78, 5) is 0. The molecule has 7 heteroatoms. The fraction of sp³-hybridized carbons (Fsp3) is 0.235. The molecule has 0 bridgehead atoms. The summed E-state index contributed by atoms with van der Waals surface area (Å²) in [5, 5.41) is 19.0. The maximum atomic E-state index is 13.5. The molecule has 2 aromatic rings. The first-order chi connectivity index (χ1) is 11.5. The molecule has 0 aromatic heterocycles. The van der Waals surface area contributed by atoms with Gasteiger partial charge >= 0.3 is 0 Å². The highest BCUT2D eigenvalue weighted by atomic mass is 32.2. The standard InChI is InChI=1S/C17H14FNO4S/c18-12-5-10(8-19)6-13(7-12)23-16-4-1-11(9-24(21)22)17-14(16)2-3-15(17)20/h1,4-7,15,20H,2-3,9H2,(H,21,22)/p-1/t15-/m1/s1. The summed E-state index contributed by atoms with van der Waals surface area (Å²) in [6, 6.07) is 8.74. The van der Waals surface area contributed by atoms with Crippen LogP contribution >= 0.6 is 0 Å². The quantitative estimate of drug-likeness (QED) is 0.859. The molecule has 24 heavy (non-hydrogen) atoms. The maximum Gasteiger partial charge on any atom is 0.131 e. The van der Waals surface area contributed by atoms with Gasteiger partial charge in [0.15, 0.2) is 0 Å². The Bertz CT molecular complexity index is 862. The van der Waals surface area contributed by atoms with Crippen molar-refractivity contribution in [2.45, 2.75) is 24.7 Å².